The molecule has 2 heterocycles. The molecule has 0 spiro atoms. The molecule has 0 bridgehead atoms. The van der Waals surface area contributed by atoms with Crippen molar-refractivity contribution in [2.24, 2.45) is 17.3 Å². The molecule has 3 nitrogen and oxygen atoms in total. The Labute approximate surface area is 179 Å². The lowest BCUT2D eigenvalue weighted by Crippen LogP contribution is -2.42. The fourth-order valence-electron chi connectivity index (χ4n) is 6.40. The minimum atomic E-state index is -0.196. The molecule has 1 saturated heterocycles. The first-order chi connectivity index (χ1) is 14.4. The van der Waals surface area contributed by atoms with Crippen LogP contribution < -0.4 is 0 Å². The molecule has 0 amide bonds. The largest absolute Gasteiger partial charge is 0.462 e. The molecule has 30 heavy (non-hydrogen) atoms. The van der Waals surface area contributed by atoms with Crippen LogP contribution in [0.15, 0.2) is 41.5 Å². The first kappa shape index (κ1) is 20.0. The summed E-state index contributed by atoms with van der Waals surface area (Å²) in [5.41, 5.74) is 5.79. The van der Waals surface area contributed by atoms with Gasteiger partial charge in [-0.3, -0.25) is 9.69 Å². The molecule has 0 aromatic heterocycles. The molecule has 4 atom stereocenters. The minimum absolute atomic E-state index is 0.0115. The maximum Gasteiger partial charge on any atom is 0.310 e. The molecule has 2 aliphatic carbocycles. The van der Waals surface area contributed by atoms with E-state index in [1.54, 1.807) is 11.1 Å². The Morgan fingerprint density at radius 1 is 1.23 bits per heavy atom. The molecule has 4 aliphatic rings. The number of allylic oxidation sites excluding steroid dienone is 2. The Bertz CT molecular complexity index is 902. The van der Waals surface area contributed by atoms with E-state index in [0.29, 0.717) is 5.92 Å². The number of carbonyl (C=O) groups is 1. The summed E-state index contributed by atoms with van der Waals surface area (Å²) in [7, 11) is 0. The van der Waals surface area contributed by atoms with Crippen molar-refractivity contribution in [1.29, 1.82) is 0 Å². The van der Waals surface area contributed by atoms with E-state index in [2.05, 4.69) is 24.8 Å². The van der Waals surface area contributed by atoms with Gasteiger partial charge in [0.15, 0.2) is 0 Å². The lowest BCUT2D eigenvalue weighted by Gasteiger charge is -2.46. The molecule has 2 aliphatic heterocycles. The van der Waals surface area contributed by atoms with Crippen LogP contribution in [0.25, 0.3) is 5.57 Å². The highest BCUT2D eigenvalue weighted by Gasteiger charge is 2.53. The van der Waals surface area contributed by atoms with Gasteiger partial charge in [0.2, 0.25) is 0 Å². The maximum atomic E-state index is 13.2. The third-order valence-corrected chi connectivity index (χ3v) is 8.14. The predicted octanol–water partition coefficient (Wildman–Crippen LogP) is 5.37. The summed E-state index contributed by atoms with van der Waals surface area (Å²) in [6.07, 6.45) is 9.01. The zero-order chi connectivity index (χ0) is 20.9. The lowest BCUT2D eigenvalue weighted by atomic mass is 9.59. The van der Waals surface area contributed by atoms with Gasteiger partial charge in [0.05, 0.1) is 5.92 Å². The fraction of sp³-hybridized carbons (Fsp3) is 0.577. The third-order valence-electron chi connectivity index (χ3n) is 8.14. The number of carbonyl (C=O) groups excluding carboxylic acids is 1. The molecule has 5 rings (SSSR count). The van der Waals surface area contributed by atoms with Crippen molar-refractivity contribution in [2.45, 2.75) is 58.5 Å². The van der Waals surface area contributed by atoms with Crippen molar-refractivity contribution < 1.29 is 13.9 Å². The van der Waals surface area contributed by atoms with E-state index in [4.69, 9.17) is 4.74 Å². The van der Waals surface area contributed by atoms with Gasteiger partial charge in [-0.15, -0.1) is 0 Å². The smallest absolute Gasteiger partial charge is 0.310 e. The van der Waals surface area contributed by atoms with Crippen LogP contribution in [0.4, 0.5) is 4.39 Å². The number of fused-ring (bicyclic) bond motifs is 2. The Morgan fingerprint density at radius 3 is 2.77 bits per heavy atom. The molecular weight excluding hydrogens is 377 g/mol. The van der Waals surface area contributed by atoms with Crippen LogP contribution in [0.3, 0.4) is 0 Å². The zero-order valence-electron chi connectivity index (χ0n) is 18.1. The molecule has 0 N–H and O–H groups in total. The second kappa shape index (κ2) is 7.64. The number of esters is 1. The van der Waals surface area contributed by atoms with E-state index in [-0.39, 0.29) is 29.2 Å². The number of hydrogen-bond donors (Lipinski definition) is 0. The zero-order valence-corrected chi connectivity index (χ0v) is 18.1. The van der Waals surface area contributed by atoms with Crippen LogP contribution in [-0.2, 0) is 9.53 Å². The van der Waals surface area contributed by atoms with Gasteiger partial charge in [0.1, 0.15) is 11.9 Å². The molecule has 0 unspecified atom stereocenters. The van der Waals surface area contributed by atoms with Gasteiger partial charge >= 0.3 is 5.97 Å². The average Bonchev–Trinajstić information content (AvgIpc) is 3.01. The highest BCUT2D eigenvalue weighted by atomic mass is 19.1. The monoisotopic (exact) mass is 409 g/mol. The second-order valence-corrected chi connectivity index (χ2v) is 10.1. The first-order valence-corrected chi connectivity index (χ1v) is 11.5. The van der Waals surface area contributed by atoms with E-state index >= 15 is 0 Å². The predicted molar refractivity (Wildman–Crippen MR) is 116 cm³/mol. The number of rotatable bonds is 3. The van der Waals surface area contributed by atoms with Crippen molar-refractivity contribution in [3.63, 3.8) is 0 Å². The molecule has 1 saturated carbocycles. The van der Waals surface area contributed by atoms with Gasteiger partial charge in [-0.2, -0.15) is 0 Å². The summed E-state index contributed by atoms with van der Waals surface area (Å²) in [5.74, 6) is 0.135. The third kappa shape index (κ3) is 3.53. The van der Waals surface area contributed by atoms with E-state index in [1.165, 1.54) is 37.0 Å². The van der Waals surface area contributed by atoms with E-state index in [1.807, 2.05) is 12.1 Å². The van der Waals surface area contributed by atoms with Gasteiger partial charge in [0, 0.05) is 25.6 Å². The second-order valence-electron chi connectivity index (χ2n) is 10.1. The van der Waals surface area contributed by atoms with Crippen LogP contribution >= 0.6 is 0 Å². The molecule has 1 aromatic carbocycles. The lowest BCUT2D eigenvalue weighted by molar-refractivity contribution is -0.145. The summed E-state index contributed by atoms with van der Waals surface area (Å²) in [4.78, 5) is 15.2. The Hall–Kier alpha value is -1.94. The number of halogens is 1. The minimum Gasteiger partial charge on any atom is -0.462 e. The van der Waals surface area contributed by atoms with Crippen LogP contribution in [0.5, 0.6) is 0 Å². The standard InChI is InChI=1S/C26H32FNO2/c1-17-4-3-11-26(2)15-24-21(14-23(17)26)22(25(29)30-24)16-28-12-9-19(10-13-28)18-5-7-20(27)8-6-18/h5-9,21-22,24H,3-4,10-16H2,1-2H3/t21-,22-,24-,26-/m1/s1. The van der Waals surface area contributed by atoms with Crippen LogP contribution in [0.2, 0.25) is 0 Å². The molecule has 1 aromatic rings. The number of nitrogens with zero attached hydrogens (tertiary/aromatic N) is 1. The van der Waals surface area contributed by atoms with Crippen molar-refractivity contribution >= 4 is 11.5 Å². The highest BCUT2D eigenvalue weighted by molar-refractivity contribution is 5.76. The summed E-state index contributed by atoms with van der Waals surface area (Å²) >= 11 is 0. The van der Waals surface area contributed by atoms with Crippen molar-refractivity contribution in [3.05, 3.63) is 52.9 Å². The quantitative estimate of drug-likeness (QED) is 0.496. The van der Waals surface area contributed by atoms with Crippen LogP contribution in [-0.4, -0.2) is 36.6 Å². The summed E-state index contributed by atoms with van der Waals surface area (Å²) in [6, 6.07) is 6.76. The van der Waals surface area contributed by atoms with Crippen molar-refractivity contribution in [3.8, 4) is 0 Å². The Kier molecular flexibility index (Phi) is 5.09. The molecule has 0 radical (unpaired) electrons. The summed E-state index contributed by atoms with van der Waals surface area (Å²) in [5, 5.41) is 0. The van der Waals surface area contributed by atoms with E-state index in [9.17, 15) is 9.18 Å². The number of ether oxygens (including phenoxy) is 1. The van der Waals surface area contributed by atoms with Gasteiger partial charge in [-0.05, 0) is 74.1 Å². The van der Waals surface area contributed by atoms with E-state index < -0.39 is 0 Å². The topological polar surface area (TPSA) is 29.5 Å². The Balaban J connectivity index is 1.28. The maximum absolute atomic E-state index is 13.2. The molecule has 2 fully saturated rings. The van der Waals surface area contributed by atoms with E-state index in [0.717, 1.165) is 44.5 Å². The van der Waals surface area contributed by atoms with Crippen LogP contribution in [0, 0.1) is 23.1 Å². The van der Waals surface area contributed by atoms with Crippen LogP contribution in [0.1, 0.15) is 57.9 Å². The summed E-state index contributed by atoms with van der Waals surface area (Å²) in [6.45, 7) is 7.24. The van der Waals surface area contributed by atoms with Crippen molar-refractivity contribution in [1.82, 2.24) is 4.90 Å². The van der Waals surface area contributed by atoms with Gasteiger partial charge < -0.3 is 4.74 Å². The summed E-state index contributed by atoms with van der Waals surface area (Å²) < 4.78 is 19.1. The molecular formula is C26H32FNO2. The fourth-order valence-corrected chi connectivity index (χ4v) is 6.40. The number of hydrogen-bond acceptors (Lipinski definition) is 3. The van der Waals surface area contributed by atoms with Crippen molar-refractivity contribution in [2.75, 3.05) is 19.6 Å². The van der Waals surface area contributed by atoms with Gasteiger partial charge in [-0.1, -0.05) is 36.3 Å². The highest BCUT2D eigenvalue weighted by Crippen LogP contribution is 2.55. The number of benzene rings is 1. The molecule has 160 valence electrons. The Morgan fingerprint density at radius 2 is 2.03 bits per heavy atom. The van der Waals surface area contributed by atoms with Gasteiger partial charge in [0.25, 0.3) is 0 Å². The normalized spacial score (nSPS) is 34.3. The molecule has 4 heteroatoms. The SMILES string of the molecule is CC1=C2C[C@H]3[C@@H](C[C@@]2(C)CCC1)OC(=O)[C@@H]3CN1CC=C(c2ccc(F)cc2)CC1. The average molecular weight is 410 g/mol. The first-order valence-electron chi connectivity index (χ1n) is 11.5. The van der Waals surface area contributed by atoms with Gasteiger partial charge in [-0.25, -0.2) is 4.39 Å².